The van der Waals surface area contributed by atoms with E-state index in [0.717, 1.165) is 5.56 Å². The van der Waals surface area contributed by atoms with Gasteiger partial charge in [-0.15, -0.1) is 5.10 Å². The van der Waals surface area contributed by atoms with Crippen LogP contribution in [0.4, 0.5) is 8.78 Å². The summed E-state index contributed by atoms with van der Waals surface area (Å²) in [5.41, 5.74) is 1.99. The van der Waals surface area contributed by atoms with E-state index in [9.17, 15) is 13.6 Å². The molecule has 0 radical (unpaired) electrons. The van der Waals surface area contributed by atoms with Gasteiger partial charge in [0.05, 0.1) is 12.2 Å². The van der Waals surface area contributed by atoms with E-state index in [-0.39, 0.29) is 23.9 Å². The van der Waals surface area contributed by atoms with E-state index in [4.69, 9.17) is 0 Å². The Morgan fingerprint density at radius 1 is 1.12 bits per heavy atom. The lowest BCUT2D eigenvalue weighted by molar-refractivity contribution is 0.0945. The Kier molecular flexibility index (Phi) is 4.83. The van der Waals surface area contributed by atoms with E-state index < -0.39 is 5.91 Å². The number of aromatic nitrogens is 3. The van der Waals surface area contributed by atoms with Gasteiger partial charge >= 0.3 is 0 Å². The Bertz CT molecular complexity index is 890. The van der Waals surface area contributed by atoms with Crippen LogP contribution in [0.25, 0.3) is 0 Å². The van der Waals surface area contributed by atoms with Gasteiger partial charge in [-0.2, -0.15) is 0 Å². The van der Waals surface area contributed by atoms with Crippen LogP contribution in [0.15, 0.2) is 48.5 Å². The molecule has 0 saturated carbocycles. The van der Waals surface area contributed by atoms with E-state index in [0.29, 0.717) is 17.8 Å². The van der Waals surface area contributed by atoms with E-state index >= 15 is 0 Å². The second-order valence-corrected chi connectivity index (χ2v) is 5.58. The van der Waals surface area contributed by atoms with Crippen LogP contribution in [0.2, 0.25) is 0 Å². The Labute approximate surface area is 143 Å². The SMILES string of the molecule is Cc1c(C(=O)NCc2ccccc2F)nnn1Cc1ccc(F)cc1. The van der Waals surface area contributed by atoms with E-state index in [1.165, 1.54) is 18.2 Å². The van der Waals surface area contributed by atoms with Crippen molar-refractivity contribution in [3.05, 3.63) is 82.7 Å². The molecule has 2 aromatic carbocycles. The van der Waals surface area contributed by atoms with Crippen LogP contribution in [-0.2, 0) is 13.1 Å². The van der Waals surface area contributed by atoms with Crippen LogP contribution in [-0.4, -0.2) is 20.9 Å². The van der Waals surface area contributed by atoms with Gasteiger partial charge in [0.15, 0.2) is 5.69 Å². The molecule has 7 heteroatoms. The van der Waals surface area contributed by atoms with Crippen molar-refractivity contribution < 1.29 is 13.6 Å². The first-order chi connectivity index (χ1) is 12.0. The number of nitrogens with zero attached hydrogens (tertiary/aromatic N) is 3. The summed E-state index contributed by atoms with van der Waals surface area (Å²) in [7, 11) is 0. The van der Waals surface area contributed by atoms with Gasteiger partial charge in [-0.05, 0) is 30.7 Å². The van der Waals surface area contributed by atoms with E-state index in [1.54, 1.807) is 41.9 Å². The zero-order chi connectivity index (χ0) is 17.8. The number of hydrogen-bond acceptors (Lipinski definition) is 3. The zero-order valence-corrected chi connectivity index (χ0v) is 13.5. The molecule has 3 rings (SSSR count). The summed E-state index contributed by atoms with van der Waals surface area (Å²) in [6.45, 7) is 2.16. The predicted molar refractivity (Wildman–Crippen MR) is 87.8 cm³/mol. The first kappa shape index (κ1) is 16.8. The number of amides is 1. The number of nitrogens with one attached hydrogen (secondary N) is 1. The second kappa shape index (κ2) is 7.21. The molecular formula is C18H16F2N4O. The van der Waals surface area contributed by atoms with Gasteiger partial charge in [-0.25, -0.2) is 13.5 Å². The molecule has 3 aromatic rings. The second-order valence-electron chi connectivity index (χ2n) is 5.58. The van der Waals surface area contributed by atoms with Crippen LogP contribution in [0.5, 0.6) is 0 Å². The van der Waals surface area contributed by atoms with Crippen molar-refractivity contribution in [1.29, 1.82) is 0 Å². The molecule has 0 atom stereocenters. The molecule has 1 amide bonds. The molecule has 0 spiro atoms. The highest BCUT2D eigenvalue weighted by atomic mass is 19.1. The molecule has 0 fully saturated rings. The highest BCUT2D eigenvalue weighted by Gasteiger charge is 2.16. The van der Waals surface area contributed by atoms with Gasteiger partial charge in [0, 0.05) is 12.1 Å². The lowest BCUT2D eigenvalue weighted by atomic mass is 10.2. The summed E-state index contributed by atoms with van der Waals surface area (Å²) in [6, 6.07) is 12.3. The van der Waals surface area contributed by atoms with Crippen LogP contribution >= 0.6 is 0 Å². The number of carbonyl (C=O) groups is 1. The average molecular weight is 342 g/mol. The van der Waals surface area contributed by atoms with Crippen molar-refractivity contribution >= 4 is 5.91 Å². The van der Waals surface area contributed by atoms with E-state index in [1.807, 2.05) is 0 Å². The third-order valence-corrected chi connectivity index (χ3v) is 3.84. The number of hydrogen-bond donors (Lipinski definition) is 1. The van der Waals surface area contributed by atoms with Crippen molar-refractivity contribution in [2.75, 3.05) is 0 Å². The minimum atomic E-state index is -0.425. The molecule has 1 heterocycles. The summed E-state index contributed by atoms with van der Waals surface area (Å²) in [4.78, 5) is 12.3. The molecule has 0 unspecified atom stereocenters. The number of benzene rings is 2. The van der Waals surface area contributed by atoms with Gasteiger partial charge < -0.3 is 5.32 Å². The molecule has 128 valence electrons. The van der Waals surface area contributed by atoms with Gasteiger partial charge in [-0.1, -0.05) is 35.5 Å². The third-order valence-electron chi connectivity index (χ3n) is 3.84. The van der Waals surface area contributed by atoms with Crippen LogP contribution < -0.4 is 5.32 Å². The normalized spacial score (nSPS) is 10.7. The number of rotatable bonds is 5. The monoisotopic (exact) mass is 342 g/mol. The quantitative estimate of drug-likeness (QED) is 0.776. The predicted octanol–water partition coefficient (Wildman–Crippen LogP) is 2.84. The largest absolute Gasteiger partial charge is 0.346 e. The molecule has 25 heavy (non-hydrogen) atoms. The Morgan fingerprint density at radius 3 is 2.56 bits per heavy atom. The van der Waals surface area contributed by atoms with Crippen molar-refractivity contribution in [2.24, 2.45) is 0 Å². The molecule has 0 aliphatic rings. The summed E-state index contributed by atoms with van der Waals surface area (Å²) < 4.78 is 28.1. The van der Waals surface area contributed by atoms with Gasteiger partial charge in [0.1, 0.15) is 11.6 Å². The fourth-order valence-corrected chi connectivity index (χ4v) is 2.38. The van der Waals surface area contributed by atoms with E-state index in [2.05, 4.69) is 15.6 Å². The Morgan fingerprint density at radius 2 is 1.84 bits per heavy atom. The van der Waals surface area contributed by atoms with Crippen LogP contribution in [0, 0.1) is 18.6 Å². The molecule has 0 saturated heterocycles. The highest BCUT2D eigenvalue weighted by molar-refractivity contribution is 5.93. The van der Waals surface area contributed by atoms with Crippen LogP contribution in [0.3, 0.4) is 0 Å². The molecule has 1 aromatic heterocycles. The minimum Gasteiger partial charge on any atom is -0.346 e. The Balaban J connectivity index is 1.68. The van der Waals surface area contributed by atoms with Crippen molar-refractivity contribution in [3.8, 4) is 0 Å². The topological polar surface area (TPSA) is 59.8 Å². The maximum Gasteiger partial charge on any atom is 0.274 e. The summed E-state index contributed by atoms with van der Waals surface area (Å²) >= 11 is 0. The first-order valence-corrected chi connectivity index (χ1v) is 7.70. The van der Waals surface area contributed by atoms with Gasteiger partial charge in [0.2, 0.25) is 0 Å². The summed E-state index contributed by atoms with van der Waals surface area (Å²) in [5.74, 6) is -1.11. The minimum absolute atomic E-state index is 0.0652. The smallest absolute Gasteiger partial charge is 0.274 e. The van der Waals surface area contributed by atoms with Gasteiger partial charge in [-0.3, -0.25) is 4.79 Å². The average Bonchev–Trinajstić information content (AvgIpc) is 2.97. The van der Waals surface area contributed by atoms with Crippen LogP contribution in [0.1, 0.15) is 27.3 Å². The maximum atomic E-state index is 13.6. The summed E-state index contributed by atoms with van der Waals surface area (Å²) in [5, 5.41) is 10.5. The van der Waals surface area contributed by atoms with Crippen molar-refractivity contribution in [3.63, 3.8) is 0 Å². The third kappa shape index (κ3) is 3.88. The lowest BCUT2D eigenvalue weighted by Crippen LogP contribution is -2.24. The maximum absolute atomic E-state index is 13.6. The number of halogens is 2. The molecule has 1 N–H and O–H groups in total. The summed E-state index contributed by atoms with van der Waals surface area (Å²) in [6.07, 6.45) is 0. The van der Waals surface area contributed by atoms with Crippen molar-refractivity contribution in [1.82, 2.24) is 20.3 Å². The first-order valence-electron chi connectivity index (χ1n) is 7.70. The lowest BCUT2D eigenvalue weighted by Gasteiger charge is -2.06. The standard InChI is InChI=1S/C18H16F2N4O/c1-12-17(18(25)21-10-14-4-2-3-5-16(14)20)22-23-24(12)11-13-6-8-15(19)9-7-13/h2-9H,10-11H2,1H3,(H,21,25). The molecule has 0 aliphatic carbocycles. The fourth-order valence-electron chi connectivity index (χ4n) is 2.38. The molecule has 0 bridgehead atoms. The zero-order valence-electron chi connectivity index (χ0n) is 13.5. The van der Waals surface area contributed by atoms with Crippen molar-refractivity contribution in [2.45, 2.75) is 20.0 Å². The number of carbonyl (C=O) groups excluding carboxylic acids is 1. The fraction of sp³-hybridized carbons (Fsp3) is 0.167. The molecule has 0 aliphatic heterocycles. The Hall–Kier alpha value is -3.09. The highest BCUT2D eigenvalue weighted by Crippen LogP contribution is 2.10. The van der Waals surface area contributed by atoms with Gasteiger partial charge in [0.25, 0.3) is 5.91 Å². The molecule has 5 nitrogen and oxygen atoms in total. The molecular weight excluding hydrogens is 326 g/mol.